The molecule has 1 atom stereocenters. The van der Waals surface area contributed by atoms with Gasteiger partial charge in [0.15, 0.2) is 0 Å². The third-order valence-corrected chi connectivity index (χ3v) is 3.31. The number of hydrogen-bond donors (Lipinski definition) is 0. The van der Waals surface area contributed by atoms with Crippen LogP contribution in [0, 0.1) is 5.92 Å². The van der Waals surface area contributed by atoms with Crippen LogP contribution in [0.2, 0.25) is 0 Å². The summed E-state index contributed by atoms with van der Waals surface area (Å²) in [5, 5.41) is 0. The van der Waals surface area contributed by atoms with E-state index in [9.17, 15) is 9.59 Å². The van der Waals surface area contributed by atoms with Gasteiger partial charge >= 0.3 is 0 Å². The van der Waals surface area contributed by atoms with Gasteiger partial charge in [0.05, 0.1) is 0 Å². The molecule has 1 heterocycles. The number of imide groups is 1. The molecule has 2 amide bonds. The van der Waals surface area contributed by atoms with E-state index in [2.05, 4.69) is 13.8 Å². The van der Waals surface area contributed by atoms with Crippen molar-refractivity contribution in [3.05, 3.63) is 35.9 Å². The lowest BCUT2D eigenvalue weighted by atomic mass is 10.0. The molecule has 0 aliphatic carbocycles. The highest BCUT2D eigenvalue weighted by Gasteiger charge is 2.36. The molecule has 1 aliphatic heterocycles. The first kappa shape index (κ1) is 12.8. The van der Waals surface area contributed by atoms with Gasteiger partial charge in [-0.05, 0) is 30.9 Å². The second-order valence-electron chi connectivity index (χ2n) is 5.26. The second kappa shape index (κ2) is 5.34. The van der Waals surface area contributed by atoms with E-state index in [1.165, 1.54) is 4.90 Å². The second-order valence-corrected chi connectivity index (χ2v) is 5.26. The molecule has 1 aliphatic rings. The van der Waals surface area contributed by atoms with Gasteiger partial charge in [-0.1, -0.05) is 32.0 Å². The Labute approximate surface area is 108 Å². The molecule has 2 rings (SSSR count). The molecule has 0 bridgehead atoms. The fourth-order valence-corrected chi connectivity index (χ4v) is 2.51. The molecule has 3 nitrogen and oxygen atoms in total. The number of nitrogens with zero attached hydrogens (tertiary/aromatic N) is 1. The minimum Gasteiger partial charge on any atom is -0.275 e. The first-order valence-corrected chi connectivity index (χ1v) is 6.51. The van der Waals surface area contributed by atoms with E-state index in [-0.39, 0.29) is 17.9 Å². The van der Waals surface area contributed by atoms with Gasteiger partial charge in [0.2, 0.25) is 5.91 Å². The van der Waals surface area contributed by atoms with Gasteiger partial charge in [-0.3, -0.25) is 14.5 Å². The molecule has 0 saturated carbocycles. The average Bonchev–Trinajstić information content (AvgIpc) is 2.70. The Morgan fingerprint density at radius 2 is 2.00 bits per heavy atom. The Hall–Kier alpha value is -1.64. The summed E-state index contributed by atoms with van der Waals surface area (Å²) >= 11 is 0. The lowest BCUT2D eigenvalue weighted by Gasteiger charge is -2.24. The summed E-state index contributed by atoms with van der Waals surface area (Å²) in [6.07, 6.45) is 2.19. The quantitative estimate of drug-likeness (QED) is 0.768. The summed E-state index contributed by atoms with van der Waals surface area (Å²) in [5.74, 6) is 0.310. The summed E-state index contributed by atoms with van der Waals surface area (Å²) in [6, 6.07) is 9.12. The zero-order chi connectivity index (χ0) is 13.1. The minimum atomic E-state index is -0.149. The Balaban J connectivity index is 2.19. The van der Waals surface area contributed by atoms with Gasteiger partial charge < -0.3 is 0 Å². The highest BCUT2D eigenvalue weighted by atomic mass is 16.2. The van der Waals surface area contributed by atoms with Crippen molar-refractivity contribution >= 4 is 11.8 Å². The summed E-state index contributed by atoms with van der Waals surface area (Å²) in [5.41, 5.74) is 0.599. The van der Waals surface area contributed by atoms with Crippen LogP contribution in [-0.2, 0) is 4.79 Å². The predicted molar refractivity (Wildman–Crippen MR) is 70.1 cm³/mol. The van der Waals surface area contributed by atoms with Crippen molar-refractivity contribution in [3.63, 3.8) is 0 Å². The zero-order valence-corrected chi connectivity index (χ0v) is 10.9. The van der Waals surface area contributed by atoms with Gasteiger partial charge in [0.1, 0.15) is 0 Å². The van der Waals surface area contributed by atoms with E-state index in [0.717, 1.165) is 12.8 Å². The van der Waals surface area contributed by atoms with E-state index < -0.39 is 0 Å². The first-order valence-electron chi connectivity index (χ1n) is 6.51. The van der Waals surface area contributed by atoms with Crippen LogP contribution in [0.3, 0.4) is 0 Å². The predicted octanol–water partition coefficient (Wildman–Crippen LogP) is 2.86. The van der Waals surface area contributed by atoms with Crippen LogP contribution in [0.25, 0.3) is 0 Å². The smallest absolute Gasteiger partial charge is 0.260 e. The van der Waals surface area contributed by atoms with E-state index in [0.29, 0.717) is 17.9 Å². The van der Waals surface area contributed by atoms with Crippen molar-refractivity contribution in [3.8, 4) is 0 Å². The van der Waals surface area contributed by atoms with Gasteiger partial charge in [-0.25, -0.2) is 0 Å². The third kappa shape index (κ3) is 2.61. The summed E-state index contributed by atoms with van der Waals surface area (Å²) in [4.78, 5) is 25.7. The molecule has 18 heavy (non-hydrogen) atoms. The lowest BCUT2D eigenvalue weighted by Crippen LogP contribution is -2.39. The Morgan fingerprint density at radius 1 is 1.33 bits per heavy atom. The maximum Gasteiger partial charge on any atom is 0.260 e. The molecule has 96 valence electrons. The van der Waals surface area contributed by atoms with E-state index >= 15 is 0 Å². The number of hydrogen-bond acceptors (Lipinski definition) is 2. The zero-order valence-electron chi connectivity index (χ0n) is 10.9. The van der Waals surface area contributed by atoms with Crippen molar-refractivity contribution in [1.29, 1.82) is 0 Å². The van der Waals surface area contributed by atoms with Crippen LogP contribution >= 0.6 is 0 Å². The number of benzene rings is 1. The number of carbonyl (C=O) groups excluding carboxylic acids is 2. The molecule has 3 heteroatoms. The lowest BCUT2D eigenvalue weighted by molar-refractivity contribution is -0.126. The molecule has 0 N–H and O–H groups in total. The summed E-state index contributed by atoms with van der Waals surface area (Å²) in [7, 11) is 0. The highest BCUT2D eigenvalue weighted by molar-refractivity contribution is 6.05. The fourth-order valence-electron chi connectivity index (χ4n) is 2.51. The molecule has 1 aromatic carbocycles. The Bertz CT molecular complexity index is 439. The standard InChI is InChI=1S/C15H19NO2/c1-11(2)10-13-8-9-14(17)16(13)15(18)12-6-4-3-5-7-12/h3-7,11,13H,8-10H2,1-2H3/t13-/m1/s1. The van der Waals surface area contributed by atoms with Gasteiger partial charge in [0, 0.05) is 18.0 Å². The molecule has 1 aromatic rings. The van der Waals surface area contributed by atoms with E-state index in [4.69, 9.17) is 0 Å². The van der Waals surface area contributed by atoms with Crippen molar-refractivity contribution in [2.45, 2.75) is 39.2 Å². The van der Waals surface area contributed by atoms with E-state index in [1.807, 2.05) is 18.2 Å². The van der Waals surface area contributed by atoms with Crippen LogP contribution in [0.4, 0.5) is 0 Å². The molecule has 1 saturated heterocycles. The number of likely N-dealkylation sites (tertiary alicyclic amines) is 1. The normalized spacial score (nSPS) is 19.6. The van der Waals surface area contributed by atoms with E-state index in [1.54, 1.807) is 12.1 Å². The Kier molecular flexibility index (Phi) is 3.80. The molecular weight excluding hydrogens is 226 g/mol. The van der Waals surface area contributed by atoms with Gasteiger partial charge in [-0.15, -0.1) is 0 Å². The van der Waals surface area contributed by atoms with Crippen LogP contribution < -0.4 is 0 Å². The summed E-state index contributed by atoms with van der Waals surface area (Å²) < 4.78 is 0. The molecular formula is C15H19NO2. The number of amides is 2. The number of rotatable bonds is 3. The Morgan fingerprint density at radius 3 is 2.61 bits per heavy atom. The number of carbonyl (C=O) groups is 2. The average molecular weight is 245 g/mol. The van der Waals surface area contributed by atoms with Crippen LogP contribution in [0.1, 0.15) is 43.5 Å². The van der Waals surface area contributed by atoms with Crippen LogP contribution in [0.15, 0.2) is 30.3 Å². The molecule has 0 radical (unpaired) electrons. The topological polar surface area (TPSA) is 37.4 Å². The van der Waals surface area contributed by atoms with Crippen LogP contribution in [0.5, 0.6) is 0 Å². The van der Waals surface area contributed by atoms with Gasteiger partial charge in [0.25, 0.3) is 5.91 Å². The molecule has 1 fully saturated rings. The monoisotopic (exact) mass is 245 g/mol. The summed E-state index contributed by atoms with van der Waals surface area (Å²) in [6.45, 7) is 4.24. The largest absolute Gasteiger partial charge is 0.275 e. The minimum absolute atomic E-state index is 0.0329. The van der Waals surface area contributed by atoms with Gasteiger partial charge in [-0.2, -0.15) is 0 Å². The molecule has 0 aromatic heterocycles. The third-order valence-electron chi connectivity index (χ3n) is 3.31. The van der Waals surface area contributed by atoms with Crippen molar-refractivity contribution in [2.75, 3.05) is 0 Å². The van der Waals surface area contributed by atoms with Crippen molar-refractivity contribution in [1.82, 2.24) is 4.90 Å². The maximum atomic E-state index is 12.4. The fraction of sp³-hybridized carbons (Fsp3) is 0.467. The first-order chi connectivity index (χ1) is 8.59. The van der Waals surface area contributed by atoms with Crippen molar-refractivity contribution in [2.24, 2.45) is 5.92 Å². The maximum absolute atomic E-state index is 12.4. The van der Waals surface area contributed by atoms with Crippen molar-refractivity contribution < 1.29 is 9.59 Å². The molecule has 0 spiro atoms. The highest BCUT2D eigenvalue weighted by Crippen LogP contribution is 2.26. The SMILES string of the molecule is CC(C)C[C@H]1CCC(=O)N1C(=O)c1ccccc1. The molecule has 0 unspecified atom stereocenters. The van der Waals surface area contributed by atoms with Crippen LogP contribution in [-0.4, -0.2) is 22.8 Å².